The van der Waals surface area contributed by atoms with E-state index >= 15 is 0 Å². The normalized spacial score (nSPS) is 14.0. The summed E-state index contributed by atoms with van der Waals surface area (Å²) < 4.78 is 16.4. The third-order valence-corrected chi connectivity index (χ3v) is 5.09. The van der Waals surface area contributed by atoms with Gasteiger partial charge in [-0.05, 0) is 62.2 Å². The lowest BCUT2D eigenvalue weighted by atomic mass is 10.0. The Labute approximate surface area is 173 Å². The Bertz CT molecular complexity index is 754. The van der Waals surface area contributed by atoms with Gasteiger partial charge >= 0.3 is 5.97 Å². The van der Waals surface area contributed by atoms with Gasteiger partial charge in [-0.3, -0.25) is 9.69 Å². The molecule has 0 atom stereocenters. The first-order chi connectivity index (χ1) is 14.2. The van der Waals surface area contributed by atoms with Gasteiger partial charge in [0.15, 0.2) is 0 Å². The maximum absolute atomic E-state index is 11.2. The molecule has 5 nitrogen and oxygen atoms in total. The molecule has 1 aliphatic rings. The van der Waals surface area contributed by atoms with Gasteiger partial charge in [-0.1, -0.05) is 24.3 Å². The van der Waals surface area contributed by atoms with Gasteiger partial charge in [0.05, 0.1) is 13.7 Å². The van der Waals surface area contributed by atoms with Gasteiger partial charge in [-0.2, -0.15) is 0 Å². The molecular formula is C24H30NO4. The number of hydrogen-bond donors (Lipinski definition) is 0. The van der Waals surface area contributed by atoms with E-state index in [4.69, 9.17) is 9.47 Å². The van der Waals surface area contributed by atoms with Gasteiger partial charge in [0.2, 0.25) is 0 Å². The van der Waals surface area contributed by atoms with Crippen LogP contribution < -0.4 is 9.47 Å². The summed E-state index contributed by atoms with van der Waals surface area (Å²) in [4.78, 5) is 13.6. The molecule has 2 aromatic rings. The SMILES string of the molecule is COC(=O)CCCOc1ccc[c]c1Cc1ccc(OCCN2CCCC2)cc1. The van der Waals surface area contributed by atoms with Gasteiger partial charge in [0.25, 0.3) is 0 Å². The lowest BCUT2D eigenvalue weighted by Crippen LogP contribution is -2.25. The lowest BCUT2D eigenvalue weighted by molar-refractivity contribution is -0.140. The summed E-state index contributed by atoms with van der Waals surface area (Å²) in [6, 6.07) is 17.3. The minimum Gasteiger partial charge on any atom is -0.493 e. The number of esters is 1. The van der Waals surface area contributed by atoms with E-state index in [-0.39, 0.29) is 5.97 Å². The predicted octanol–water partition coefficient (Wildman–Crippen LogP) is 3.88. The maximum atomic E-state index is 11.2. The molecule has 1 aliphatic heterocycles. The number of ether oxygens (including phenoxy) is 3. The minimum absolute atomic E-state index is 0.212. The molecule has 155 valence electrons. The van der Waals surface area contributed by atoms with Crippen LogP contribution in [0.1, 0.15) is 36.8 Å². The molecule has 0 bridgehead atoms. The summed E-state index contributed by atoms with van der Waals surface area (Å²) in [6.07, 6.45) is 4.34. The number of benzene rings is 2. The number of methoxy groups -OCH3 is 1. The molecule has 1 saturated heterocycles. The Kier molecular flexibility index (Phi) is 8.38. The molecule has 0 aromatic heterocycles. The molecule has 0 N–H and O–H groups in total. The third-order valence-electron chi connectivity index (χ3n) is 5.09. The van der Waals surface area contributed by atoms with Crippen molar-refractivity contribution in [2.24, 2.45) is 0 Å². The monoisotopic (exact) mass is 396 g/mol. The van der Waals surface area contributed by atoms with Crippen molar-refractivity contribution in [2.75, 3.05) is 40.0 Å². The van der Waals surface area contributed by atoms with Crippen molar-refractivity contribution in [1.82, 2.24) is 4.90 Å². The van der Waals surface area contributed by atoms with E-state index in [1.165, 1.54) is 38.6 Å². The Morgan fingerprint density at radius 1 is 1.07 bits per heavy atom. The highest BCUT2D eigenvalue weighted by Crippen LogP contribution is 2.22. The van der Waals surface area contributed by atoms with Crippen molar-refractivity contribution in [2.45, 2.75) is 32.1 Å². The third kappa shape index (κ3) is 7.09. The van der Waals surface area contributed by atoms with Crippen molar-refractivity contribution in [1.29, 1.82) is 0 Å². The number of hydrogen-bond acceptors (Lipinski definition) is 5. The molecule has 2 aromatic carbocycles. The summed E-state index contributed by atoms with van der Waals surface area (Å²) in [5.41, 5.74) is 2.19. The molecule has 0 amide bonds. The van der Waals surface area contributed by atoms with Crippen molar-refractivity contribution in [3.63, 3.8) is 0 Å². The van der Waals surface area contributed by atoms with Gasteiger partial charge in [0.1, 0.15) is 18.1 Å². The Morgan fingerprint density at radius 3 is 2.62 bits per heavy atom. The highest BCUT2D eigenvalue weighted by atomic mass is 16.5. The van der Waals surface area contributed by atoms with E-state index in [2.05, 4.69) is 27.8 Å². The molecule has 1 fully saturated rings. The summed E-state index contributed by atoms with van der Waals surface area (Å²) in [5.74, 6) is 1.50. The predicted molar refractivity (Wildman–Crippen MR) is 112 cm³/mol. The number of likely N-dealkylation sites (tertiary alicyclic amines) is 1. The number of nitrogens with zero attached hydrogens (tertiary/aromatic N) is 1. The summed E-state index contributed by atoms with van der Waals surface area (Å²) in [5, 5.41) is 0. The zero-order chi connectivity index (χ0) is 20.3. The fraction of sp³-hybridized carbons (Fsp3) is 0.458. The Hall–Kier alpha value is -2.53. The number of carbonyl (C=O) groups excluding carboxylic acids is 1. The molecule has 5 heteroatoms. The van der Waals surface area contributed by atoms with Gasteiger partial charge in [-0.15, -0.1) is 0 Å². The average molecular weight is 397 g/mol. The van der Waals surface area contributed by atoms with Gasteiger partial charge in [0, 0.05) is 24.9 Å². The average Bonchev–Trinajstić information content (AvgIpc) is 3.27. The molecule has 29 heavy (non-hydrogen) atoms. The van der Waals surface area contributed by atoms with E-state index < -0.39 is 0 Å². The molecule has 0 unspecified atom stereocenters. The molecule has 1 radical (unpaired) electrons. The lowest BCUT2D eigenvalue weighted by Gasteiger charge is -2.15. The van der Waals surface area contributed by atoms with Crippen LogP contribution in [0.5, 0.6) is 11.5 Å². The van der Waals surface area contributed by atoms with E-state index in [0.717, 1.165) is 36.6 Å². The van der Waals surface area contributed by atoms with E-state index in [1.54, 1.807) is 0 Å². The van der Waals surface area contributed by atoms with E-state index in [1.807, 2.05) is 30.3 Å². The summed E-state index contributed by atoms with van der Waals surface area (Å²) in [7, 11) is 1.40. The summed E-state index contributed by atoms with van der Waals surface area (Å²) >= 11 is 0. The smallest absolute Gasteiger partial charge is 0.305 e. The van der Waals surface area contributed by atoms with Crippen LogP contribution in [0.25, 0.3) is 0 Å². The molecular weight excluding hydrogens is 366 g/mol. The van der Waals surface area contributed by atoms with Crippen LogP contribution in [-0.4, -0.2) is 50.8 Å². The fourth-order valence-electron chi connectivity index (χ4n) is 3.44. The van der Waals surface area contributed by atoms with Crippen LogP contribution in [0.2, 0.25) is 0 Å². The zero-order valence-electron chi connectivity index (χ0n) is 17.2. The highest BCUT2D eigenvalue weighted by Gasteiger charge is 2.11. The van der Waals surface area contributed by atoms with E-state index in [9.17, 15) is 4.79 Å². The van der Waals surface area contributed by atoms with E-state index in [0.29, 0.717) is 19.4 Å². The zero-order valence-corrected chi connectivity index (χ0v) is 17.2. The second kappa shape index (κ2) is 11.5. The second-order valence-electron chi connectivity index (χ2n) is 7.26. The first-order valence-electron chi connectivity index (χ1n) is 10.4. The first kappa shape index (κ1) is 21.2. The number of rotatable bonds is 11. The van der Waals surface area contributed by atoms with Crippen molar-refractivity contribution < 1.29 is 19.0 Å². The van der Waals surface area contributed by atoms with Crippen LogP contribution in [0.15, 0.2) is 42.5 Å². The number of carbonyl (C=O) groups is 1. The van der Waals surface area contributed by atoms with Crippen LogP contribution in [0.4, 0.5) is 0 Å². The van der Waals surface area contributed by atoms with Gasteiger partial charge in [-0.25, -0.2) is 0 Å². The van der Waals surface area contributed by atoms with Crippen molar-refractivity contribution >= 4 is 5.97 Å². The Balaban J connectivity index is 1.47. The van der Waals surface area contributed by atoms with Gasteiger partial charge < -0.3 is 14.2 Å². The standard InChI is InChI=1S/C24H30NO4/c1-27-24(26)9-6-17-29-23-8-3-2-7-21(23)19-20-10-12-22(13-11-20)28-18-16-25-14-4-5-15-25/h2-3,8,10-13H,4-6,9,14-19H2,1H3. The minimum atomic E-state index is -0.212. The fourth-order valence-corrected chi connectivity index (χ4v) is 3.44. The molecule has 3 rings (SSSR count). The largest absolute Gasteiger partial charge is 0.493 e. The maximum Gasteiger partial charge on any atom is 0.305 e. The quantitative estimate of drug-likeness (QED) is 0.426. The summed E-state index contributed by atoms with van der Waals surface area (Å²) in [6.45, 7) is 4.60. The van der Waals surface area contributed by atoms with Crippen LogP contribution in [0.3, 0.4) is 0 Å². The van der Waals surface area contributed by atoms with Crippen LogP contribution in [0, 0.1) is 6.07 Å². The van der Waals surface area contributed by atoms with Crippen LogP contribution >= 0.6 is 0 Å². The second-order valence-corrected chi connectivity index (χ2v) is 7.26. The molecule has 1 heterocycles. The van der Waals surface area contributed by atoms with Crippen molar-refractivity contribution in [3.8, 4) is 11.5 Å². The topological polar surface area (TPSA) is 48.0 Å². The van der Waals surface area contributed by atoms with Crippen LogP contribution in [-0.2, 0) is 16.0 Å². The molecule has 0 spiro atoms. The highest BCUT2D eigenvalue weighted by molar-refractivity contribution is 5.69. The first-order valence-corrected chi connectivity index (χ1v) is 10.4. The Morgan fingerprint density at radius 2 is 1.86 bits per heavy atom. The van der Waals surface area contributed by atoms with Crippen molar-refractivity contribution in [3.05, 3.63) is 59.7 Å². The molecule has 0 aliphatic carbocycles. The molecule has 0 saturated carbocycles.